The van der Waals surface area contributed by atoms with Gasteiger partial charge in [-0.05, 0) is 25.5 Å². The van der Waals surface area contributed by atoms with Crippen molar-refractivity contribution in [2.24, 2.45) is 0 Å². The lowest BCUT2D eigenvalue weighted by molar-refractivity contribution is -0.138. The molecule has 24 heavy (non-hydrogen) atoms. The lowest BCUT2D eigenvalue weighted by Crippen LogP contribution is -2.09. The van der Waals surface area contributed by atoms with Gasteiger partial charge < -0.3 is 15.3 Å². The van der Waals surface area contributed by atoms with Crippen LogP contribution in [0.3, 0.4) is 0 Å². The van der Waals surface area contributed by atoms with Crippen molar-refractivity contribution in [3.05, 3.63) is 71.3 Å². The standard InChI is InChI=1S/C16H14O3.C3H8O2/c1-11(16(18)19)13-8-5-9-14(10-13)15(17)12-6-3-2-4-7-12;1-3(5)2-4/h2-11H,1H3,(H,18,19);3-5H,2H2,1H3. The van der Waals surface area contributed by atoms with Crippen LogP contribution in [0, 0.1) is 0 Å². The average molecular weight is 330 g/mol. The second-order valence-corrected chi connectivity index (χ2v) is 5.41. The van der Waals surface area contributed by atoms with Gasteiger partial charge in [0.05, 0.1) is 18.6 Å². The second-order valence-electron chi connectivity index (χ2n) is 5.41. The van der Waals surface area contributed by atoms with Crippen molar-refractivity contribution in [3.63, 3.8) is 0 Å². The van der Waals surface area contributed by atoms with Gasteiger partial charge >= 0.3 is 5.97 Å². The van der Waals surface area contributed by atoms with Crippen molar-refractivity contribution in [1.82, 2.24) is 0 Å². The van der Waals surface area contributed by atoms with Gasteiger partial charge in [-0.1, -0.05) is 48.5 Å². The number of aliphatic hydroxyl groups excluding tert-OH is 2. The third kappa shape index (κ3) is 5.95. The minimum atomic E-state index is -0.899. The van der Waals surface area contributed by atoms with Gasteiger partial charge in [0, 0.05) is 11.1 Å². The molecule has 0 amide bonds. The van der Waals surface area contributed by atoms with Crippen LogP contribution < -0.4 is 0 Å². The highest BCUT2D eigenvalue weighted by atomic mass is 16.4. The van der Waals surface area contributed by atoms with Crippen molar-refractivity contribution >= 4 is 11.8 Å². The highest BCUT2D eigenvalue weighted by Gasteiger charge is 2.16. The Balaban J connectivity index is 0.000000505. The molecule has 0 spiro atoms. The zero-order chi connectivity index (χ0) is 18.1. The first kappa shape index (κ1) is 19.5. The quantitative estimate of drug-likeness (QED) is 0.732. The molecule has 0 saturated carbocycles. The lowest BCUT2D eigenvalue weighted by atomic mass is 9.96. The molecule has 0 aliphatic heterocycles. The van der Waals surface area contributed by atoms with Gasteiger partial charge in [-0.25, -0.2) is 0 Å². The highest BCUT2D eigenvalue weighted by Crippen LogP contribution is 2.18. The second kappa shape index (κ2) is 9.60. The van der Waals surface area contributed by atoms with Crippen molar-refractivity contribution in [1.29, 1.82) is 0 Å². The van der Waals surface area contributed by atoms with Crippen molar-refractivity contribution < 1.29 is 24.9 Å². The topological polar surface area (TPSA) is 94.8 Å². The summed E-state index contributed by atoms with van der Waals surface area (Å²) >= 11 is 0. The normalized spacial score (nSPS) is 12.5. The van der Waals surface area contributed by atoms with Crippen molar-refractivity contribution in [2.45, 2.75) is 25.9 Å². The van der Waals surface area contributed by atoms with Crippen LogP contribution in [-0.2, 0) is 4.79 Å². The minimum Gasteiger partial charge on any atom is -0.481 e. The van der Waals surface area contributed by atoms with Gasteiger partial charge in [0.2, 0.25) is 0 Å². The SMILES string of the molecule is CC(C(=O)O)c1cccc(C(=O)c2ccccc2)c1.CC(O)CO. The Bertz CT molecular complexity index is 664. The third-order valence-corrected chi connectivity index (χ3v) is 3.32. The van der Waals surface area contributed by atoms with Gasteiger partial charge in [0.15, 0.2) is 5.78 Å². The minimum absolute atomic E-state index is 0.0972. The van der Waals surface area contributed by atoms with Gasteiger partial charge in [0.1, 0.15) is 0 Å². The molecule has 0 aliphatic carbocycles. The van der Waals surface area contributed by atoms with Crippen LogP contribution in [0.15, 0.2) is 54.6 Å². The molecule has 5 heteroatoms. The maximum Gasteiger partial charge on any atom is 0.310 e. The first-order valence-corrected chi connectivity index (χ1v) is 7.58. The Kier molecular flexibility index (Phi) is 7.82. The maximum atomic E-state index is 12.2. The van der Waals surface area contributed by atoms with E-state index in [1.165, 1.54) is 6.92 Å². The number of rotatable bonds is 5. The van der Waals surface area contributed by atoms with E-state index in [-0.39, 0.29) is 12.4 Å². The van der Waals surface area contributed by atoms with E-state index in [9.17, 15) is 9.59 Å². The first-order chi connectivity index (χ1) is 11.4. The van der Waals surface area contributed by atoms with E-state index in [0.29, 0.717) is 16.7 Å². The van der Waals surface area contributed by atoms with Crippen LogP contribution in [0.4, 0.5) is 0 Å². The van der Waals surface area contributed by atoms with Crippen LogP contribution in [0.5, 0.6) is 0 Å². The van der Waals surface area contributed by atoms with Crippen LogP contribution in [-0.4, -0.2) is 39.8 Å². The molecule has 128 valence electrons. The predicted octanol–water partition coefficient (Wildman–Crippen LogP) is 2.47. The van der Waals surface area contributed by atoms with Crippen LogP contribution in [0.25, 0.3) is 0 Å². The monoisotopic (exact) mass is 330 g/mol. The molecule has 2 aromatic rings. The molecule has 2 atom stereocenters. The smallest absolute Gasteiger partial charge is 0.310 e. The molecule has 0 aromatic heterocycles. The molecule has 2 aromatic carbocycles. The summed E-state index contributed by atoms with van der Waals surface area (Å²) in [7, 11) is 0. The fourth-order valence-electron chi connectivity index (χ4n) is 1.85. The molecule has 2 unspecified atom stereocenters. The average Bonchev–Trinajstić information content (AvgIpc) is 2.61. The molecule has 0 saturated heterocycles. The Morgan fingerprint density at radius 3 is 2.00 bits per heavy atom. The summed E-state index contributed by atoms with van der Waals surface area (Å²) in [5.74, 6) is -1.62. The number of hydrogen-bond acceptors (Lipinski definition) is 4. The van der Waals surface area contributed by atoms with Gasteiger partial charge in [-0.3, -0.25) is 9.59 Å². The number of carbonyl (C=O) groups excluding carboxylic acids is 1. The van der Waals surface area contributed by atoms with Gasteiger partial charge in [-0.2, -0.15) is 0 Å². The van der Waals surface area contributed by atoms with Crippen molar-refractivity contribution in [2.75, 3.05) is 6.61 Å². The van der Waals surface area contributed by atoms with E-state index in [2.05, 4.69) is 0 Å². The number of aliphatic hydroxyl groups is 2. The molecule has 3 N–H and O–H groups in total. The number of benzene rings is 2. The molecule has 0 radical (unpaired) electrons. The molecule has 2 rings (SSSR count). The van der Waals surface area contributed by atoms with E-state index < -0.39 is 18.0 Å². The van der Waals surface area contributed by atoms with E-state index in [1.807, 2.05) is 6.07 Å². The highest BCUT2D eigenvalue weighted by molar-refractivity contribution is 6.09. The largest absolute Gasteiger partial charge is 0.481 e. The maximum absolute atomic E-state index is 12.2. The van der Waals surface area contributed by atoms with Gasteiger partial charge in [-0.15, -0.1) is 0 Å². The Morgan fingerprint density at radius 1 is 0.958 bits per heavy atom. The first-order valence-electron chi connectivity index (χ1n) is 7.58. The fourth-order valence-corrected chi connectivity index (χ4v) is 1.85. The summed E-state index contributed by atoms with van der Waals surface area (Å²) < 4.78 is 0. The molecular weight excluding hydrogens is 308 g/mol. The molecule has 0 fully saturated rings. The van der Waals surface area contributed by atoms with E-state index in [4.69, 9.17) is 15.3 Å². The number of ketones is 1. The molecule has 0 heterocycles. The van der Waals surface area contributed by atoms with E-state index >= 15 is 0 Å². The summed E-state index contributed by atoms with van der Waals surface area (Å²) in [6.45, 7) is 2.99. The van der Waals surface area contributed by atoms with Crippen LogP contribution >= 0.6 is 0 Å². The summed E-state index contributed by atoms with van der Waals surface area (Å²) in [6.07, 6.45) is -0.560. The number of carboxylic acids is 1. The fraction of sp³-hybridized carbons (Fsp3) is 0.263. The Morgan fingerprint density at radius 2 is 1.50 bits per heavy atom. The van der Waals surface area contributed by atoms with Gasteiger partial charge in [0.25, 0.3) is 0 Å². The molecule has 0 bridgehead atoms. The number of aliphatic carboxylic acids is 1. The van der Waals surface area contributed by atoms with E-state index in [1.54, 1.807) is 55.5 Å². The molecular formula is C19H22O5. The zero-order valence-corrected chi connectivity index (χ0v) is 13.7. The summed E-state index contributed by atoms with van der Waals surface area (Å²) in [4.78, 5) is 23.2. The zero-order valence-electron chi connectivity index (χ0n) is 13.7. The number of hydrogen-bond donors (Lipinski definition) is 3. The summed E-state index contributed by atoms with van der Waals surface area (Å²) in [5, 5.41) is 25.0. The van der Waals surface area contributed by atoms with Crippen molar-refractivity contribution in [3.8, 4) is 0 Å². The number of carbonyl (C=O) groups is 2. The Labute approximate surface area is 141 Å². The van der Waals surface area contributed by atoms with E-state index in [0.717, 1.165) is 0 Å². The predicted molar refractivity (Wildman–Crippen MR) is 91.1 cm³/mol. The summed E-state index contributed by atoms with van der Waals surface area (Å²) in [6, 6.07) is 15.7. The lowest BCUT2D eigenvalue weighted by Gasteiger charge is -2.08. The molecule has 5 nitrogen and oxygen atoms in total. The Hall–Kier alpha value is -2.50. The van der Waals surface area contributed by atoms with Crippen LogP contribution in [0.1, 0.15) is 41.3 Å². The third-order valence-electron chi connectivity index (χ3n) is 3.32. The number of carboxylic acid groups (broad SMARTS) is 1. The summed E-state index contributed by atoms with van der Waals surface area (Å²) in [5.41, 5.74) is 1.74. The van der Waals surface area contributed by atoms with Crippen LogP contribution in [0.2, 0.25) is 0 Å². The molecule has 0 aliphatic rings.